The van der Waals surface area contributed by atoms with Crippen LogP contribution in [0.1, 0.15) is 43.2 Å². The quantitative estimate of drug-likeness (QED) is 0.197. The van der Waals surface area contributed by atoms with E-state index in [2.05, 4.69) is 26.8 Å². The number of carbonyl (C=O) groups is 5. The van der Waals surface area contributed by atoms with Gasteiger partial charge in [0.15, 0.2) is 11.6 Å². The highest BCUT2D eigenvalue weighted by Gasteiger charge is 2.28. The molecule has 5 amide bonds. The number of urea groups is 2. The van der Waals surface area contributed by atoms with Gasteiger partial charge in [-0.25, -0.2) is 9.59 Å². The van der Waals surface area contributed by atoms with E-state index in [1.807, 2.05) is 84.5 Å². The van der Waals surface area contributed by atoms with Crippen LogP contribution in [0.4, 0.5) is 29.7 Å². The number of halogens is 2. The fourth-order valence-corrected chi connectivity index (χ4v) is 6.62. The van der Waals surface area contributed by atoms with Crippen molar-refractivity contribution in [1.82, 2.24) is 34.9 Å². The van der Waals surface area contributed by atoms with Crippen LogP contribution in [0.15, 0.2) is 85.2 Å². The van der Waals surface area contributed by atoms with Crippen LogP contribution in [0.3, 0.4) is 0 Å². The number of nitrogens with one attached hydrogen (secondary N) is 1. The Morgan fingerprint density at radius 3 is 1.44 bits per heavy atom. The van der Waals surface area contributed by atoms with Crippen LogP contribution in [0.25, 0.3) is 0 Å². The first-order valence-electron chi connectivity index (χ1n) is 20.1. The lowest BCUT2D eigenvalue weighted by Gasteiger charge is -2.36. The number of hydrogen-bond donors (Lipinski definition) is 2. The van der Waals surface area contributed by atoms with Gasteiger partial charge in [0, 0.05) is 87.3 Å². The molecule has 2 aliphatic rings. The highest BCUT2D eigenvalue weighted by molar-refractivity contribution is 5.99. The molecule has 0 bridgehead atoms. The van der Waals surface area contributed by atoms with E-state index in [9.17, 15) is 32.8 Å². The van der Waals surface area contributed by atoms with Crippen molar-refractivity contribution in [3.63, 3.8) is 0 Å². The van der Waals surface area contributed by atoms with Gasteiger partial charge in [-0.05, 0) is 87.6 Å². The van der Waals surface area contributed by atoms with Crippen molar-refractivity contribution >= 4 is 40.9 Å². The van der Waals surface area contributed by atoms with Gasteiger partial charge in [-0.1, -0.05) is 24.3 Å². The van der Waals surface area contributed by atoms with E-state index in [1.165, 1.54) is 18.5 Å². The van der Waals surface area contributed by atoms with Crippen LogP contribution >= 0.6 is 0 Å². The van der Waals surface area contributed by atoms with Crippen molar-refractivity contribution < 1.29 is 32.8 Å². The summed E-state index contributed by atoms with van der Waals surface area (Å²) in [5, 5.41) is 1.88. The van der Waals surface area contributed by atoms with Crippen LogP contribution in [0.5, 0.6) is 0 Å². The topological polar surface area (TPSA) is 169 Å². The molecule has 2 aromatic carbocycles. The fourth-order valence-electron chi connectivity index (χ4n) is 6.62. The zero-order valence-electron chi connectivity index (χ0n) is 35.1. The summed E-state index contributed by atoms with van der Waals surface area (Å²) >= 11 is 0. The van der Waals surface area contributed by atoms with Gasteiger partial charge >= 0.3 is 18.5 Å². The number of rotatable bonds is 12. The minimum Gasteiger partial charge on any atom is -0.344 e. The molecule has 2 aromatic heterocycles. The van der Waals surface area contributed by atoms with E-state index in [1.54, 1.807) is 28.0 Å². The number of pyridine rings is 2. The Morgan fingerprint density at radius 2 is 1.08 bits per heavy atom. The maximum atomic E-state index is 13.4. The monoisotopic (exact) mass is 840 g/mol. The van der Waals surface area contributed by atoms with Gasteiger partial charge in [-0.15, -0.1) is 0 Å². The summed E-state index contributed by atoms with van der Waals surface area (Å²) < 4.78 is 24.5. The largest absolute Gasteiger partial charge is 0.344 e. The number of amides is 5. The number of nitrogens with two attached hydrogens (primary N) is 1. The second kappa shape index (κ2) is 21.9. The molecule has 0 saturated carbocycles. The van der Waals surface area contributed by atoms with Crippen molar-refractivity contribution in [1.29, 1.82) is 0 Å². The molecular formula is C44H54F2N10O5. The van der Waals surface area contributed by atoms with Crippen LogP contribution in [-0.2, 0) is 17.9 Å². The number of anilines is 2. The lowest BCUT2D eigenvalue weighted by molar-refractivity contribution is -0.131. The Morgan fingerprint density at radius 1 is 0.656 bits per heavy atom. The molecule has 6 rings (SSSR count). The number of carbonyl (C=O) groups excluding carboxylic acids is 5. The van der Waals surface area contributed by atoms with Gasteiger partial charge < -0.3 is 30.7 Å². The van der Waals surface area contributed by atoms with Gasteiger partial charge in [-0.3, -0.25) is 34.2 Å². The molecule has 0 unspecified atom stereocenters. The van der Waals surface area contributed by atoms with Crippen molar-refractivity contribution in [2.24, 2.45) is 5.73 Å². The van der Waals surface area contributed by atoms with E-state index in [0.717, 1.165) is 54.4 Å². The summed E-state index contributed by atoms with van der Waals surface area (Å²) in [4.78, 5) is 81.6. The molecule has 0 spiro atoms. The second-order valence-corrected chi connectivity index (χ2v) is 15.1. The van der Waals surface area contributed by atoms with Crippen molar-refractivity contribution in [3.05, 3.63) is 119 Å². The molecule has 61 heavy (non-hydrogen) atoms. The van der Waals surface area contributed by atoms with Crippen molar-refractivity contribution in [2.45, 2.75) is 33.4 Å². The van der Waals surface area contributed by atoms with E-state index in [0.29, 0.717) is 44.0 Å². The average Bonchev–Trinajstić information content (AvgIpc) is 3.26. The highest BCUT2D eigenvalue weighted by atomic mass is 19.3. The zero-order valence-corrected chi connectivity index (χ0v) is 35.1. The molecule has 4 heterocycles. The van der Waals surface area contributed by atoms with Gasteiger partial charge in [0.1, 0.15) is 0 Å². The summed E-state index contributed by atoms with van der Waals surface area (Å²) in [5.41, 5.74) is 11.0. The minimum atomic E-state index is -3.18. The van der Waals surface area contributed by atoms with Crippen molar-refractivity contribution in [2.75, 3.05) is 89.3 Å². The second-order valence-electron chi connectivity index (χ2n) is 15.1. The molecule has 0 atom stereocenters. The van der Waals surface area contributed by atoms with Crippen LogP contribution in [0, 0.1) is 13.8 Å². The predicted molar refractivity (Wildman–Crippen MR) is 229 cm³/mol. The number of nitrogens with zero attached hydrogens (tertiary/aromatic N) is 8. The third kappa shape index (κ3) is 13.2. The molecule has 3 N–H and O–H groups in total. The highest BCUT2D eigenvalue weighted by Crippen LogP contribution is 2.23. The number of alkyl halides is 2. The molecule has 2 fully saturated rings. The third-order valence-electron chi connectivity index (χ3n) is 10.4. The summed E-state index contributed by atoms with van der Waals surface area (Å²) in [6, 6.07) is 22.0. The Kier molecular flexibility index (Phi) is 16.5. The van der Waals surface area contributed by atoms with Gasteiger partial charge in [0.05, 0.1) is 37.6 Å². The number of Topliss-reactive ketones (excluding diaryl/α,β-unsaturated/α-hetero) is 2. The SMILES string of the molecule is Cc1cccc(N(Cc2ccc(C(=O)CN)cn2)C(=O)N2CCN(C)CC2)c1.Cc1cccc(N(Cc2ccc(C(=O)CNC(=O)C(F)F)cn2)C(=O)N2CCN(C)CC2)c1. The molecule has 4 aromatic rings. The summed E-state index contributed by atoms with van der Waals surface area (Å²) in [5.74, 6) is -2.18. The summed E-state index contributed by atoms with van der Waals surface area (Å²) in [7, 11) is 4.08. The van der Waals surface area contributed by atoms with E-state index in [4.69, 9.17) is 5.73 Å². The number of benzene rings is 2. The number of likely N-dealkylation sites (N-methyl/N-ethyl adjacent to an activating group) is 2. The van der Waals surface area contributed by atoms with Gasteiger partial charge in [-0.2, -0.15) is 8.78 Å². The van der Waals surface area contributed by atoms with Gasteiger partial charge in [0.25, 0.3) is 5.91 Å². The number of aromatic nitrogens is 2. The Hall–Kier alpha value is -6.17. The molecular weight excluding hydrogens is 787 g/mol. The fraction of sp³-hybridized carbons (Fsp3) is 0.386. The molecule has 0 aliphatic carbocycles. The normalized spacial score (nSPS) is 14.5. The van der Waals surface area contributed by atoms with Gasteiger partial charge in [0.2, 0.25) is 0 Å². The molecule has 2 saturated heterocycles. The van der Waals surface area contributed by atoms with Crippen LogP contribution in [0.2, 0.25) is 0 Å². The lowest BCUT2D eigenvalue weighted by atomic mass is 10.1. The first-order valence-corrected chi connectivity index (χ1v) is 20.1. The Labute approximate surface area is 355 Å². The zero-order chi connectivity index (χ0) is 44.1. The van der Waals surface area contributed by atoms with Crippen LogP contribution < -0.4 is 20.9 Å². The lowest BCUT2D eigenvalue weighted by Crippen LogP contribution is -2.52. The first kappa shape index (κ1) is 45.9. The Bertz CT molecular complexity index is 2120. The smallest absolute Gasteiger partial charge is 0.324 e. The van der Waals surface area contributed by atoms with E-state index < -0.39 is 24.7 Å². The van der Waals surface area contributed by atoms with Crippen molar-refractivity contribution in [3.8, 4) is 0 Å². The number of aryl methyl sites for hydroxylation is 2. The summed E-state index contributed by atoms with van der Waals surface area (Å²) in [6.07, 6.45) is -0.330. The maximum absolute atomic E-state index is 13.4. The van der Waals surface area contributed by atoms with E-state index in [-0.39, 0.29) is 36.5 Å². The molecule has 15 nitrogen and oxygen atoms in total. The number of ketones is 2. The Balaban J connectivity index is 0.000000234. The molecule has 2 aliphatic heterocycles. The number of hydrogen-bond acceptors (Lipinski definition) is 10. The number of piperazine rings is 2. The summed E-state index contributed by atoms with van der Waals surface area (Å²) in [6.45, 7) is 9.89. The standard InChI is InChI=1S/C23H27F2N5O3.C21H27N5O2/c1-16-4-3-5-19(12-16)30(23(33)29-10-8-28(2)9-11-29)15-18-7-6-17(13-26-18)20(31)14-27-22(32)21(24)25;1-16-4-3-5-19(12-16)26(21(28)25-10-8-24(2)9-11-25)15-18-7-6-17(14-23-18)20(27)13-22/h3-7,12-13,21H,8-11,14-15H2,1-2H3,(H,27,32);3-7,12,14H,8-11,13,15,22H2,1-2H3. The molecule has 0 radical (unpaired) electrons. The average molecular weight is 841 g/mol. The molecule has 17 heteroatoms. The van der Waals surface area contributed by atoms with Crippen LogP contribution in [-0.4, -0.2) is 145 Å². The third-order valence-corrected chi connectivity index (χ3v) is 10.4. The first-order chi connectivity index (χ1) is 29.2. The predicted octanol–water partition coefficient (Wildman–Crippen LogP) is 4.23. The maximum Gasteiger partial charge on any atom is 0.324 e. The minimum absolute atomic E-state index is 0.0254. The van der Waals surface area contributed by atoms with E-state index >= 15 is 0 Å². The molecule has 324 valence electrons.